The van der Waals surface area contributed by atoms with Crippen LogP contribution in [0, 0.1) is 0 Å². The minimum absolute atomic E-state index is 0.184. The highest BCUT2D eigenvalue weighted by molar-refractivity contribution is 6.31. The molecule has 0 amide bonds. The number of pyridine rings is 1. The fourth-order valence-electron chi connectivity index (χ4n) is 2.13. The largest absolute Gasteiger partial charge is 0.477 e. The number of halogens is 1. The Balaban J connectivity index is 2.43. The van der Waals surface area contributed by atoms with Crippen molar-refractivity contribution in [1.82, 2.24) is 4.57 Å². The predicted molar refractivity (Wildman–Crippen MR) is 68.4 cm³/mol. The number of benzene rings is 1. The van der Waals surface area contributed by atoms with Gasteiger partial charge < -0.3 is 9.67 Å². The van der Waals surface area contributed by atoms with E-state index in [1.807, 2.05) is 4.57 Å². The van der Waals surface area contributed by atoms with E-state index in [-0.39, 0.29) is 11.6 Å². The maximum atomic E-state index is 12.0. The van der Waals surface area contributed by atoms with Gasteiger partial charge in [-0.3, -0.25) is 4.79 Å². The molecule has 4 nitrogen and oxygen atoms in total. The Morgan fingerprint density at radius 3 is 2.72 bits per heavy atom. The fourth-order valence-corrected chi connectivity index (χ4v) is 2.30. The zero-order valence-electron chi connectivity index (χ0n) is 9.39. The Bertz CT molecular complexity index is 716. The first-order valence-electron chi connectivity index (χ1n) is 5.65. The SMILES string of the molecule is O=C(O)c1cn(C2CC2)c2cc(Cl)ccc2c1=O. The Morgan fingerprint density at radius 1 is 1.39 bits per heavy atom. The Kier molecular flexibility index (Phi) is 2.41. The number of aromatic carboxylic acids is 1. The lowest BCUT2D eigenvalue weighted by Gasteiger charge is -2.11. The third kappa shape index (κ3) is 1.69. The van der Waals surface area contributed by atoms with Crippen molar-refractivity contribution in [3.05, 3.63) is 45.2 Å². The van der Waals surface area contributed by atoms with Crippen LogP contribution >= 0.6 is 11.6 Å². The average Bonchev–Trinajstić information content (AvgIpc) is 3.13. The molecule has 0 aliphatic heterocycles. The lowest BCUT2D eigenvalue weighted by atomic mass is 10.1. The van der Waals surface area contributed by atoms with E-state index < -0.39 is 11.4 Å². The van der Waals surface area contributed by atoms with Gasteiger partial charge in [0.15, 0.2) is 0 Å². The highest BCUT2D eigenvalue weighted by atomic mass is 35.5. The van der Waals surface area contributed by atoms with Crippen molar-refractivity contribution in [1.29, 1.82) is 0 Å². The summed E-state index contributed by atoms with van der Waals surface area (Å²) in [5.74, 6) is -1.19. The molecule has 1 aromatic heterocycles. The number of nitrogens with zero attached hydrogens (tertiary/aromatic N) is 1. The molecule has 1 aromatic carbocycles. The maximum Gasteiger partial charge on any atom is 0.341 e. The molecule has 0 atom stereocenters. The lowest BCUT2D eigenvalue weighted by molar-refractivity contribution is 0.0695. The number of rotatable bonds is 2. The second-order valence-corrected chi connectivity index (χ2v) is 4.91. The number of carboxylic acid groups (broad SMARTS) is 1. The van der Waals surface area contributed by atoms with Gasteiger partial charge in [-0.15, -0.1) is 0 Å². The van der Waals surface area contributed by atoms with Crippen LogP contribution in [0.25, 0.3) is 10.9 Å². The zero-order valence-corrected chi connectivity index (χ0v) is 10.1. The standard InChI is InChI=1S/C13H10ClNO3/c14-7-1-4-9-11(5-7)15(8-2-3-8)6-10(12(9)16)13(17)18/h1,4-6,8H,2-3H2,(H,17,18). The summed E-state index contributed by atoms with van der Waals surface area (Å²) in [5, 5.41) is 10.0. The van der Waals surface area contributed by atoms with E-state index in [1.54, 1.807) is 18.2 Å². The molecular weight excluding hydrogens is 254 g/mol. The summed E-state index contributed by atoms with van der Waals surface area (Å²) < 4.78 is 1.85. The molecule has 1 saturated carbocycles. The summed E-state index contributed by atoms with van der Waals surface area (Å²) in [6, 6.07) is 5.19. The van der Waals surface area contributed by atoms with Crippen LogP contribution in [-0.2, 0) is 0 Å². The zero-order chi connectivity index (χ0) is 12.9. The summed E-state index contributed by atoms with van der Waals surface area (Å²) in [7, 11) is 0. The van der Waals surface area contributed by atoms with Crippen molar-refractivity contribution in [2.45, 2.75) is 18.9 Å². The molecule has 3 rings (SSSR count). The second kappa shape index (κ2) is 3.85. The summed E-state index contributed by atoms with van der Waals surface area (Å²) in [6.45, 7) is 0. The van der Waals surface area contributed by atoms with Gasteiger partial charge in [0.05, 0.1) is 5.52 Å². The van der Waals surface area contributed by atoms with Crippen LogP contribution in [0.2, 0.25) is 5.02 Å². The number of fused-ring (bicyclic) bond motifs is 1. The van der Waals surface area contributed by atoms with Crippen LogP contribution in [0.1, 0.15) is 29.2 Å². The second-order valence-electron chi connectivity index (χ2n) is 4.48. The first-order valence-corrected chi connectivity index (χ1v) is 6.03. The number of carboxylic acids is 1. The van der Waals surface area contributed by atoms with E-state index in [1.165, 1.54) is 6.20 Å². The van der Waals surface area contributed by atoms with E-state index >= 15 is 0 Å². The molecule has 5 heteroatoms. The first kappa shape index (κ1) is 11.3. The van der Waals surface area contributed by atoms with Crippen LogP contribution in [0.3, 0.4) is 0 Å². The molecule has 1 aliphatic carbocycles. The molecule has 0 spiro atoms. The monoisotopic (exact) mass is 263 g/mol. The molecule has 1 N–H and O–H groups in total. The third-order valence-electron chi connectivity index (χ3n) is 3.17. The van der Waals surface area contributed by atoms with Gasteiger partial charge in [-0.25, -0.2) is 4.79 Å². The number of carbonyl (C=O) groups is 1. The first-order chi connectivity index (χ1) is 8.58. The molecule has 0 bridgehead atoms. The summed E-state index contributed by atoms with van der Waals surface area (Å²) in [4.78, 5) is 23.1. The van der Waals surface area contributed by atoms with E-state index in [2.05, 4.69) is 0 Å². The number of aromatic nitrogens is 1. The van der Waals surface area contributed by atoms with Gasteiger partial charge >= 0.3 is 5.97 Å². The Morgan fingerprint density at radius 2 is 2.11 bits per heavy atom. The van der Waals surface area contributed by atoms with Crippen molar-refractivity contribution in [2.75, 3.05) is 0 Å². The smallest absolute Gasteiger partial charge is 0.341 e. The van der Waals surface area contributed by atoms with Crippen LogP contribution in [-0.4, -0.2) is 15.6 Å². The Labute approximate surface area is 107 Å². The topological polar surface area (TPSA) is 59.3 Å². The van der Waals surface area contributed by atoms with Crippen LogP contribution in [0.5, 0.6) is 0 Å². The quantitative estimate of drug-likeness (QED) is 0.906. The van der Waals surface area contributed by atoms with E-state index in [0.29, 0.717) is 15.9 Å². The maximum absolute atomic E-state index is 12.0. The molecule has 0 saturated heterocycles. The number of hydrogen-bond donors (Lipinski definition) is 1. The van der Waals surface area contributed by atoms with E-state index in [0.717, 1.165) is 12.8 Å². The van der Waals surface area contributed by atoms with Gasteiger partial charge in [0.25, 0.3) is 0 Å². The fraction of sp³-hybridized carbons (Fsp3) is 0.231. The molecule has 1 fully saturated rings. The van der Waals surface area contributed by atoms with Crippen molar-refractivity contribution in [2.24, 2.45) is 0 Å². The number of hydrogen-bond acceptors (Lipinski definition) is 2. The van der Waals surface area contributed by atoms with Gasteiger partial charge in [-0.05, 0) is 31.0 Å². The summed E-state index contributed by atoms with van der Waals surface area (Å²) in [6.07, 6.45) is 3.44. The molecular formula is C13H10ClNO3. The minimum Gasteiger partial charge on any atom is -0.477 e. The molecule has 0 radical (unpaired) electrons. The molecule has 18 heavy (non-hydrogen) atoms. The highest BCUT2D eigenvalue weighted by Gasteiger charge is 2.26. The average molecular weight is 264 g/mol. The summed E-state index contributed by atoms with van der Waals surface area (Å²) in [5.41, 5.74) is 0.0720. The molecule has 1 aliphatic rings. The van der Waals surface area contributed by atoms with Crippen molar-refractivity contribution >= 4 is 28.5 Å². The van der Waals surface area contributed by atoms with Crippen LogP contribution < -0.4 is 5.43 Å². The molecule has 2 aromatic rings. The van der Waals surface area contributed by atoms with Crippen molar-refractivity contribution in [3.63, 3.8) is 0 Å². The minimum atomic E-state index is -1.19. The summed E-state index contributed by atoms with van der Waals surface area (Å²) >= 11 is 5.94. The molecule has 1 heterocycles. The lowest BCUT2D eigenvalue weighted by Crippen LogP contribution is -2.18. The van der Waals surface area contributed by atoms with Gasteiger partial charge in [-0.2, -0.15) is 0 Å². The molecule has 0 unspecified atom stereocenters. The highest BCUT2D eigenvalue weighted by Crippen LogP contribution is 2.37. The van der Waals surface area contributed by atoms with Gasteiger partial charge in [0, 0.05) is 22.6 Å². The normalized spacial score (nSPS) is 14.9. The van der Waals surface area contributed by atoms with Crippen LogP contribution in [0.15, 0.2) is 29.2 Å². The van der Waals surface area contributed by atoms with Gasteiger partial charge in [0.1, 0.15) is 5.56 Å². The Hall–Kier alpha value is -1.81. The predicted octanol–water partition coefficient (Wildman–Crippen LogP) is 2.69. The van der Waals surface area contributed by atoms with E-state index in [9.17, 15) is 9.59 Å². The van der Waals surface area contributed by atoms with Gasteiger partial charge in [0.2, 0.25) is 5.43 Å². The van der Waals surface area contributed by atoms with Crippen molar-refractivity contribution in [3.8, 4) is 0 Å². The third-order valence-corrected chi connectivity index (χ3v) is 3.40. The molecule has 92 valence electrons. The van der Waals surface area contributed by atoms with Crippen molar-refractivity contribution < 1.29 is 9.90 Å². The van der Waals surface area contributed by atoms with Gasteiger partial charge in [-0.1, -0.05) is 11.6 Å². The van der Waals surface area contributed by atoms with E-state index in [4.69, 9.17) is 16.7 Å². The van der Waals surface area contributed by atoms with Crippen LogP contribution in [0.4, 0.5) is 0 Å².